The number of aromatic nitrogens is 2. The van der Waals surface area contributed by atoms with Crippen molar-refractivity contribution in [1.82, 2.24) is 9.97 Å². The lowest BCUT2D eigenvalue weighted by atomic mass is 9.58. The molecule has 2 aliphatic rings. The monoisotopic (exact) mass is 380 g/mol. The zero-order valence-corrected chi connectivity index (χ0v) is 16.9. The lowest BCUT2D eigenvalue weighted by molar-refractivity contribution is 0.188. The highest BCUT2D eigenvalue weighted by Crippen LogP contribution is 2.50. The number of rotatable bonds is 5. The van der Waals surface area contributed by atoms with Crippen LogP contribution in [-0.4, -0.2) is 15.7 Å². The largest absolute Gasteiger partial charge is 0.301 e. The van der Waals surface area contributed by atoms with Crippen molar-refractivity contribution in [1.29, 1.82) is 0 Å². The molecule has 0 unspecified atom stereocenters. The van der Waals surface area contributed by atoms with Crippen LogP contribution in [0.4, 0.5) is 0 Å². The Morgan fingerprint density at radius 1 is 1.30 bits per heavy atom. The van der Waals surface area contributed by atoms with E-state index in [4.69, 9.17) is 4.98 Å². The van der Waals surface area contributed by atoms with Crippen molar-refractivity contribution in [3.05, 3.63) is 58.4 Å². The minimum Gasteiger partial charge on any atom is -0.301 e. The minimum atomic E-state index is -0.0909. The quantitative estimate of drug-likeness (QED) is 0.423. The SMILES string of the molecule is C=CCSc1nc2c(c(=O)[nH]1)[C@@](CC)(C1CCCCC1)Cc1ccccc1-2. The highest BCUT2D eigenvalue weighted by atomic mass is 32.2. The predicted octanol–water partition coefficient (Wildman–Crippen LogP) is 5.50. The second-order valence-electron chi connectivity index (χ2n) is 7.87. The molecule has 1 heterocycles. The summed E-state index contributed by atoms with van der Waals surface area (Å²) in [6, 6.07) is 8.53. The van der Waals surface area contributed by atoms with E-state index in [-0.39, 0.29) is 11.0 Å². The van der Waals surface area contributed by atoms with Gasteiger partial charge in [0, 0.05) is 16.7 Å². The van der Waals surface area contributed by atoms with Gasteiger partial charge in [0.1, 0.15) is 0 Å². The van der Waals surface area contributed by atoms with Crippen LogP contribution in [0.3, 0.4) is 0 Å². The molecule has 0 spiro atoms. The number of thioether (sulfide) groups is 1. The summed E-state index contributed by atoms with van der Waals surface area (Å²) in [5.74, 6) is 1.31. The van der Waals surface area contributed by atoms with Crippen LogP contribution in [0.1, 0.15) is 56.6 Å². The molecular formula is C23H28N2OS. The molecule has 27 heavy (non-hydrogen) atoms. The lowest BCUT2D eigenvalue weighted by Crippen LogP contribution is -2.45. The molecule has 2 aliphatic carbocycles. The molecular weight excluding hydrogens is 352 g/mol. The van der Waals surface area contributed by atoms with Crippen LogP contribution in [0.25, 0.3) is 11.3 Å². The first-order valence-corrected chi connectivity index (χ1v) is 11.1. The number of aromatic amines is 1. The molecule has 0 aliphatic heterocycles. The standard InChI is InChI=1S/C23H28N2OS/c1-3-14-27-22-24-20-18-13-9-8-10-16(18)15-23(4-2,19(20)21(26)25-22)17-11-6-5-7-12-17/h3,8-10,13,17H,1,4-7,11-12,14-15H2,2H3,(H,24,25,26)/t23-/m1/s1. The molecule has 0 saturated heterocycles. The van der Waals surface area contributed by atoms with E-state index in [2.05, 4.69) is 42.8 Å². The zero-order chi connectivity index (χ0) is 18.9. The Morgan fingerprint density at radius 2 is 2.07 bits per heavy atom. The second kappa shape index (κ2) is 7.67. The van der Waals surface area contributed by atoms with E-state index >= 15 is 0 Å². The summed E-state index contributed by atoms with van der Waals surface area (Å²) in [6.45, 7) is 6.03. The Hall–Kier alpha value is -1.81. The molecule has 0 radical (unpaired) electrons. The van der Waals surface area contributed by atoms with E-state index in [1.807, 2.05) is 6.08 Å². The maximum atomic E-state index is 13.3. The summed E-state index contributed by atoms with van der Waals surface area (Å²) in [5, 5.41) is 0.698. The third-order valence-electron chi connectivity index (χ3n) is 6.53. The summed E-state index contributed by atoms with van der Waals surface area (Å²) in [7, 11) is 0. The smallest absolute Gasteiger partial charge is 0.255 e. The summed E-state index contributed by atoms with van der Waals surface area (Å²) < 4.78 is 0. The first kappa shape index (κ1) is 18.5. The predicted molar refractivity (Wildman–Crippen MR) is 113 cm³/mol. The molecule has 1 atom stereocenters. The topological polar surface area (TPSA) is 45.8 Å². The van der Waals surface area contributed by atoms with E-state index in [0.29, 0.717) is 11.1 Å². The number of nitrogens with one attached hydrogen (secondary N) is 1. The number of fused-ring (bicyclic) bond motifs is 3. The highest BCUT2D eigenvalue weighted by Gasteiger charge is 2.46. The molecule has 1 N–H and O–H groups in total. The van der Waals surface area contributed by atoms with Crippen LogP contribution in [0, 0.1) is 5.92 Å². The molecule has 4 heteroatoms. The fourth-order valence-corrected chi connectivity index (χ4v) is 5.84. The number of hydrogen-bond acceptors (Lipinski definition) is 3. The highest BCUT2D eigenvalue weighted by molar-refractivity contribution is 7.99. The van der Waals surface area contributed by atoms with Gasteiger partial charge >= 0.3 is 0 Å². The van der Waals surface area contributed by atoms with E-state index in [9.17, 15) is 4.79 Å². The van der Waals surface area contributed by atoms with E-state index in [1.165, 1.54) is 37.7 Å². The summed E-state index contributed by atoms with van der Waals surface area (Å²) in [5.41, 5.74) is 4.31. The van der Waals surface area contributed by atoms with Gasteiger partial charge in [-0.05, 0) is 37.2 Å². The maximum absolute atomic E-state index is 13.3. The minimum absolute atomic E-state index is 0.0634. The van der Waals surface area contributed by atoms with Gasteiger partial charge in [-0.15, -0.1) is 6.58 Å². The molecule has 0 bridgehead atoms. The van der Waals surface area contributed by atoms with Crippen molar-refractivity contribution < 1.29 is 0 Å². The summed E-state index contributed by atoms with van der Waals surface area (Å²) in [6.07, 6.45) is 10.1. The number of hydrogen-bond donors (Lipinski definition) is 1. The first-order chi connectivity index (χ1) is 13.2. The van der Waals surface area contributed by atoms with Crippen LogP contribution < -0.4 is 5.56 Å². The maximum Gasteiger partial charge on any atom is 0.255 e. The fraction of sp³-hybridized carbons (Fsp3) is 0.478. The third-order valence-corrected chi connectivity index (χ3v) is 7.40. The number of H-pyrrole nitrogens is 1. The molecule has 3 nitrogen and oxygen atoms in total. The van der Waals surface area contributed by atoms with Gasteiger partial charge in [-0.25, -0.2) is 4.98 Å². The van der Waals surface area contributed by atoms with Crippen molar-refractivity contribution in [2.75, 3.05) is 5.75 Å². The third kappa shape index (κ3) is 3.18. The Bertz CT molecular complexity index is 897. The second-order valence-corrected chi connectivity index (χ2v) is 8.88. The van der Waals surface area contributed by atoms with Crippen molar-refractivity contribution >= 4 is 11.8 Å². The van der Waals surface area contributed by atoms with Crippen molar-refractivity contribution in [2.45, 2.75) is 62.4 Å². The first-order valence-electron chi connectivity index (χ1n) is 10.2. The van der Waals surface area contributed by atoms with Crippen LogP contribution >= 0.6 is 11.8 Å². The normalized spacial score (nSPS) is 22.1. The number of nitrogens with zero attached hydrogens (tertiary/aromatic N) is 1. The molecule has 1 saturated carbocycles. The Kier molecular flexibility index (Phi) is 5.27. The molecule has 1 aromatic heterocycles. The van der Waals surface area contributed by atoms with E-state index in [1.54, 1.807) is 11.8 Å². The van der Waals surface area contributed by atoms with E-state index < -0.39 is 0 Å². The molecule has 1 aromatic carbocycles. The number of benzene rings is 1. The van der Waals surface area contributed by atoms with Gasteiger partial charge in [0.15, 0.2) is 5.16 Å². The lowest BCUT2D eigenvalue weighted by Gasteiger charge is -2.45. The molecule has 4 rings (SSSR count). The fourth-order valence-electron chi connectivity index (χ4n) is 5.24. The van der Waals surface area contributed by atoms with Crippen LogP contribution in [0.15, 0.2) is 46.9 Å². The molecule has 0 amide bonds. The van der Waals surface area contributed by atoms with Gasteiger partial charge < -0.3 is 4.98 Å². The van der Waals surface area contributed by atoms with Crippen LogP contribution in [0.5, 0.6) is 0 Å². The van der Waals surface area contributed by atoms with Crippen LogP contribution in [-0.2, 0) is 11.8 Å². The summed E-state index contributed by atoms with van der Waals surface area (Å²) >= 11 is 1.54. The average Bonchev–Trinajstić information content (AvgIpc) is 2.72. The van der Waals surface area contributed by atoms with Crippen molar-refractivity contribution in [3.63, 3.8) is 0 Å². The van der Waals surface area contributed by atoms with Gasteiger partial charge in [0.25, 0.3) is 5.56 Å². The molecule has 2 aromatic rings. The van der Waals surface area contributed by atoms with Crippen molar-refractivity contribution in [2.24, 2.45) is 5.92 Å². The average molecular weight is 381 g/mol. The Labute approximate surface area is 165 Å². The van der Waals surface area contributed by atoms with Gasteiger partial charge in [-0.3, -0.25) is 4.79 Å². The Morgan fingerprint density at radius 3 is 2.81 bits per heavy atom. The van der Waals surface area contributed by atoms with Crippen molar-refractivity contribution in [3.8, 4) is 11.3 Å². The van der Waals surface area contributed by atoms with Gasteiger partial charge in [0.2, 0.25) is 0 Å². The van der Waals surface area contributed by atoms with Gasteiger partial charge in [-0.1, -0.05) is 68.3 Å². The zero-order valence-electron chi connectivity index (χ0n) is 16.1. The molecule has 1 fully saturated rings. The van der Waals surface area contributed by atoms with Gasteiger partial charge in [0.05, 0.1) is 11.3 Å². The van der Waals surface area contributed by atoms with E-state index in [0.717, 1.165) is 35.4 Å². The summed E-state index contributed by atoms with van der Waals surface area (Å²) in [4.78, 5) is 21.4. The van der Waals surface area contributed by atoms with Gasteiger partial charge in [-0.2, -0.15) is 0 Å². The van der Waals surface area contributed by atoms with Crippen LogP contribution in [0.2, 0.25) is 0 Å². The Balaban J connectivity index is 1.93. The molecule has 142 valence electrons.